The zero-order valence-corrected chi connectivity index (χ0v) is 13.9. The van der Waals surface area contributed by atoms with Crippen molar-refractivity contribution in [2.24, 2.45) is 0 Å². The summed E-state index contributed by atoms with van der Waals surface area (Å²) in [7, 11) is 0. The molecule has 5 nitrogen and oxygen atoms in total. The number of aromatic nitrogens is 1. The van der Waals surface area contributed by atoms with E-state index in [4.69, 9.17) is 9.47 Å². The van der Waals surface area contributed by atoms with E-state index in [-0.39, 0.29) is 12.0 Å². The summed E-state index contributed by atoms with van der Waals surface area (Å²) in [6, 6.07) is 13.7. The zero-order valence-electron chi connectivity index (χ0n) is 13.9. The lowest BCUT2D eigenvalue weighted by molar-refractivity contribution is -0.0209. The zero-order chi connectivity index (χ0) is 16.8. The molecule has 1 aromatic heterocycles. The van der Waals surface area contributed by atoms with Gasteiger partial charge in [0.25, 0.3) is 5.91 Å². The Balaban J connectivity index is 1.69. The van der Waals surface area contributed by atoms with Crippen molar-refractivity contribution in [3.63, 3.8) is 0 Å². The van der Waals surface area contributed by atoms with Gasteiger partial charge in [-0.3, -0.25) is 4.79 Å². The Kier molecular flexibility index (Phi) is 5.43. The molecule has 1 amide bonds. The van der Waals surface area contributed by atoms with Crippen molar-refractivity contribution in [2.75, 3.05) is 26.3 Å². The maximum Gasteiger partial charge on any atom is 0.259 e. The predicted octanol–water partition coefficient (Wildman–Crippen LogP) is 2.56. The molecule has 1 atom stereocenters. The Morgan fingerprint density at radius 1 is 1.29 bits per heavy atom. The first-order valence-corrected chi connectivity index (χ1v) is 8.30. The Morgan fingerprint density at radius 2 is 2.12 bits per heavy atom. The summed E-state index contributed by atoms with van der Waals surface area (Å²) in [5.41, 5.74) is 1.73. The quantitative estimate of drug-likeness (QED) is 0.847. The fraction of sp³-hybridized carbons (Fsp3) is 0.368. The van der Waals surface area contributed by atoms with E-state index in [0.717, 1.165) is 6.42 Å². The van der Waals surface area contributed by atoms with Crippen molar-refractivity contribution < 1.29 is 14.3 Å². The van der Waals surface area contributed by atoms with Gasteiger partial charge in [0.15, 0.2) is 0 Å². The van der Waals surface area contributed by atoms with E-state index in [0.29, 0.717) is 37.7 Å². The number of hydrogen-bond donors (Lipinski definition) is 0. The third-order valence-corrected chi connectivity index (χ3v) is 4.01. The lowest BCUT2D eigenvalue weighted by Crippen LogP contribution is -2.46. The van der Waals surface area contributed by atoms with E-state index in [9.17, 15) is 4.79 Å². The van der Waals surface area contributed by atoms with Gasteiger partial charge >= 0.3 is 0 Å². The Bertz CT molecular complexity index is 675. The van der Waals surface area contributed by atoms with Crippen molar-refractivity contribution in [1.29, 1.82) is 0 Å². The molecule has 3 rings (SSSR count). The van der Waals surface area contributed by atoms with Gasteiger partial charge in [0, 0.05) is 25.7 Å². The molecule has 0 saturated carbocycles. The van der Waals surface area contributed by atoms with Crippen LogP contribution >= 0.6 is 0 Å². The summed E-state index contributed by atoms with van der Waals surface area (Å²) in [4.78, 5) is 18.8. The van der Waals surface area contributed by atoms with Crippen LogP contribution in [0.4, 0.5) is 0 Å². The summed E-state index contributed by atoms with van der Waals surface area (Å²) in [6.45, 7) is 4.08. The first-order chi connectivity index (χ1) is 11.8. The van der Waals surface area contributed by atoms with Crippen LogP contribution in [-0.2, 0) is 11.2 Å². The number of amides is 1. The molecule has 1 aliphatic heterocycles. The van der Waals surface area contributed by atoms with E-state index in [1.165, 1.54) is 5.56 Å². The van der Waals surface area contributed by atoms with Crippen molar-refractivity contribution in [1.82, 2.24) is 9.88 Å². The lowest BCUT2D eigenvalue weighted by atomic mass is 10.1. The molecule has 0 radical (unpaired) electrons. The normalized spacial score (nSPS) is 17.5. The number of pyridine rings is 1. The second-order valence-corrected chi connectivity index (χ2v) is 5.72. The molecule has 2 aromatic rings. The SMILES string of the molecule is CCOc1ncccc1C(=O)N1CCOC(Cc2ccccc2)C1. The molecule has 5 heteroatoms. The van der Waals surface area contributed by atoms with Gasteiger partial charge in [-0.25, -0.2) is 4.98 Å². The third-order valence-electron chi connectivity index (χ3n) is 4.01. The van der Waals surface area contributed by atoms with Crippen molar-refractivity contribution in [2.45, 2.75) is 19.4 Å². The average molecular weight is 326 g/mol. The topological polar surface area (TPSA) is 51.7 Å². The largest absolute Gasteiger partial charge is 0.477 e. The third kappa shape index (κ3) is 3.92. The molecule has 1 unspecified atom stereocenters. The van der Waals surface area contributed by atoms with Gasteiger partial charge < -0.3 is 14.4 Å². The number of benzene rings is 1. The summed E-state index contributed by atoms with van der Waals surface area (Å²) in [5, 5.41) is 0. The van der Waals surface area contributed by atoms with Crippen LogP contribution < -0.4 is 4.74 Å². The number of carbonyl (C=O) groups excluding carboxylic acids is 1. The predicted molar refractivity (Wildman–Crippen MR) is 91.2 cm³/mol. The smallest absolute Gasteiger partial charge is 0.259 e. The van der Waals surface area contributed by atoms with Crippen LogP contribution in [0.5, 0.6) is 5.88 Å². The van der Waals surface area contributed by atoms with Crippen molar-refractivity contribution >= 4 is 5.91 Å². The van der Waals surface area contributed by atoms with Gasteiger partial charge in [0.2, 0.25) is 5.88 Å². The molecule has 2 heterocycles. The van der Waals surface area contributed by atoms with Crippen LogP contribution in [0.2, 0.25) is 0 Å². The highest BCUT2D eigenvalue weighted by atomic mass is 16.5. The van der Waals surface area contributed by atoms with E-state index in [2.05, 4.69) is 17.1 Å². The van der Waals surface area contributed by atoms with Gasteiger partial charge in [0.05, 0.1) is 19.3 Å². The first kappa shape index (κ1) is 16.5. The molecule has 24 heavy (non-hydrogen) atoms. The number of nitrogens with zero attached hydrogens (tertiary/aromatic N) is 2. The molecule has 1 aromatic carbocycles. The van der Waals surface area contributed by atoms with Gasteiger partial charge in [-0.2, -0.15) is 0 Å². The van der Waals surface area contributed by atoms with E-state index in [1.807, 2.05) is 30.0 Å². The minimum absolute atomic E-state index is 0.0114. The monoisotopic (exact) mass is 326 g/mol. The number of morpholine rings is 1. The lowest BCUT2D eigenvalue weighted by Gasteiger charge is -2.33. The number of hydrogen-bond acceptors (Lipinski definition) is 4. The summed E-state index contributed by atoms with van der Waals surface area (Å²) >= 11 is 0. The van der Waals surface area contributed by atoms with Gasteiger partial charge in [-0.15, -0.1) is 0 Å². The average Bonchev–Trinajstić information content (AvgIpc) is 2.63. The van der Waals surface area contributed by atoms with E-state index >= 15 is 0 Å². The van der Waals surface area contributed by atoms with Crippen LogP contribution in [-0.4, -0.2) is 48.2 Å². The van der Waals surface area contributed by atoms with Crippen molar-refractivity contribution in [3.05, 3.63) is 59.8 Å². The van der Waals surface area contributed by atoms with Crippen LogP contribution in [0.25, 0.3) is 0 Å². The molecular weight excluding hydrogens is 304 g/mol. The summed E-state index contributed by atoms with van der Waals surface area (Å²) in [5.74, 6) is 0.351. The Morgan fingerprint density at radius 3 is 2.92 bits per heavy atom. The minimum Gasteiger partial charge on any atom is -0.477 e. The van der Waals surface area contributed by atoms with Crippen LogP contribution in [0.3, 0.4) is 0 Å². The molecule has 0 N–H and O–H groups in total. The number of rotatable bonds is 5. The van der Waals surface area contributed by atoms with E-state index < -0.39 is 0 Å². The molecule has 1 aliphatic rings. The molecular formula is C19H22N2O3. The standard InChI is InChI=1S/C19H22N2O3/c1-2-23-18-17(9-6-10-20-18)19(22)21-11-12-24-16(14-21)13-15-7-4-3-5-8-15/h3-10,16H,2,11-14H2,1H3. The Labute approximate surface area is 142 Å². The van der Waals surface area contributed by atoms with E-state index in [1.54, 1.807) is 18.3 Å². The van der Waals surface area contributed by atoms with Crippen molar-refractivity contribution in [3.8, 4) is 5.88 Å². The number of ether oxygens (including phenoxy) is 2. The molecule has 0 bridgehead atoms. The van der Waals surface area contributed by atoms with Crippen LogP contribution in [0.1, 0.15) is 22.8 Å². The molecule has 126 valence electrons. The van der Waals surface area contributed by atoms with Gasteiger partial charge in [-0.05, 0) is 24.6 Å². The Hall–Kier alpha value is -2.40. The molecule has 1 saturated heterocycles. The van der Waals surface area contributed by atoms with Gasteiger partial charge in [-0.1, -0.05) is 30.3 Å². The maximum absolute atomic E-state index is 12.8. The molecule has 0 aliphatic carbocycles. The summed E-state index contributed by atoms with van der Waals surface area (Å²) in [6.07, 6.45) is 2.45. The highest BCUT2D eigenvalue weighted by Gasteiger charge is 2.27. The fourth-order valence-electron chi connectivity index (χ4n) is 2.88. The maximum atomic E-state index is 12.8. The highest BCUT2D eigenvalue weighted by Crippen LogP contribution is 2.19. The second kappa shape index (κ2) is 7.93. The first-order valence-electron chi connectivity index (χ1n) is 8.30. The van der Waals surface area contributed by atoms with Gasteiger partial charge in [0.1, 0.15) is 5.56 Å². The summed E-state index contributed by atoms with van der Waals surface area (Å²) < 4.78 is 11.3. The minimum atomic E-state index is -0.0482. The second-order valence-electron chi connectivity index (χ2n) is 5.72. The van der Waals surface area contributed by atoms with Crippen LogP contribution in [0, 0.1) is 0 Å². The highest BCUT2D eigenvalue weighted by molar-refractivity contribution is 5.96. The number of carbonyl (C=O) groups is 1. The fourth-order valence-corrected chi connectivity index (χ4v) is 2.88. The molecule has 0 spiro atoms. The van der Waals surface area contributed by atoms with Crippen LogP contribution in [0.15, 0.2) is 48.7 Å². The molecule has 1 fully saturated rings.